The second-order valence-corrected chi connectivity index (χ2v) is 7.00. The van der Waals surface area contributed by atoms with Gasteiger partial charge < -0.3 is 9.94 Å². The van der Waals surface area contributed by atoms with Crippen molar-refractivity contribution in [1.29, 1.82) is 0 Å². The van der Waals surface area contributed by atoms with Crippen molar-refractivity contribution in [2.45, 2.75) is 51.0 Å². The fraction of sp³-hybridized carbons (Fsp3) is 0.611. The van der Waals surface area contributed by atoms with E-state index >= 15 is 0 Å². The maximum Gasteiger partial charge on any atom is 0.106 e. The molecule has 2 aliphatic carbocycles. The number of fused-ring (bicyclic) bond motifs is 3. The van der Waals surface area contributed by atoms with Crippen molar-refractivity contribution in [3.63, 3.8) is 0 Å². The van der Waals surface area contributed by atoms with Crippen molar-refractivity contribution in [2.24, 2.45) is 16.5 Å². The Morgan fingerprint density at radius 1 is 1.29 bits per heavy atom. The van der Waals surface area contributed by atoms with Gasteiger partial charge in [0.15, 0.2) is 0 Å². The van der Waals surface area contributed by atoms with E-state index in [9.17, 15) is 5.11 Å². The highest BCUT2D eigenvalue weighted by Gasteiger charge is 2.55. The van der Waals surface area contributed by atoms with Gasteiger partial charge in [-0.2, -0.15) is 0 Å². The quantitative estimate of drug-likeness (QED) is 0.670. The maximum absolute atomic E-state index is 10.6. The van der Waals surface area contributed by atoms with Gasteiger partial charge in [0.25, 0.3) is 0 Å². The van der Waals surface area contributed by atoms with Crippen LogP contribution in [0.2, 0.25) is 0 Å². The van der Waals surface area contributed by atoms with Crippen molar-refractivity contribution in [2.75, 3.05) is 7.11 Å². The Balaban J connectivity index is 2.07. The van der Waals surface area contributed by atoms with Crippen molar-refractivity contribution in [3.05, 3.63) is 35.4 Å². The third kappa shape index (κ3) is 2.10. The second-order valence-electron chi connectivity index (χ2n) is 7.00. The highest BCUT2D eigenvalue weighted by Crippen LogP contribution is 2.56. The van der Waals surface area contributed by atoms with Crippen LogP contribution in [0.4, 0.5) is 0 Å². The molecule has 0 bridgehead atoms. The van der Waals surface area contributed by atoms with Gasteiger partial charge in [0.1, 0.15) is 7.11 Å². The van der Waals surface area contributed by atoms with E-state index < -0.39 is 0 Å². The van der Waals surface area contributed by atoms with Crippen LogP contribution in [0.3, 0.4) is 0 Å². The molecule has 0 aliphatic heterocycles. The first-order valence-corrected chi connectivity index (χ1v) is 7.86. The van der Waals surface area contributed by atoms with E-state index in [0.29, 0.717) is 5.92 Å². The number of oxime groups is 1. The average molecular weight is 287 g/mol. The van der Waals surface area contributed by atoms with Gasteiger partial charge in [0, 0.05) is 5.41 Å². The molecular formula is C18H25NO2. The van der Waals surface area contributed by atoms with E-state index in [1.807, 2.05) is 6.21 Å². The first-order valence-electron chi connectivity index (χ1n) is 7.86. The number of nitrogens with zero attached hydrogens (tertiary/aromatic N) is 1. The SMILES string of the molecule is CO/N=C/[C@]1(C)[C@@H](O)CC[C@]2(C)c3ccccc3CC[C@@H]12. The number of hydrogen-bond acceptors (Lipinski definition) is 3. The molecule has 3 heteroatoms. The van der Waals surface area contributed by atoms with Gasteiger partial charge in [0.2, 0.25) is 0 Å². The van der Waals surface area contributed by atoms with Crippen molar-refractivity contribution >= 4 is 6.21 Å². The smallest absolute Gasteiger partial charge is 0.106 e. The molecule has 1 aromatic carbocycles. The summed E-state index contributed by atoms with van der Waals surface area (Å²) in [6.07, 6.45) is 5.52. The van der Waals surface area contributed by atoms with Crippen LogP contribution in [0.5, 0.6) is 0 Å². The van der Waals surface area contributed by atoms with E-state index in [2.05, 4.69) is 43.3 Å². The Morgan fingerprint density at radius 3 is 2.81 bits per heavy atom. The lowest BCUT2D eigenvalue weighted by atomic mass is 9.49. The normalized spacial score (nSPS) is 38.9. The zero-order valence-electron chi connectivity index (χ0n) is 13.2. The van der Waals surface area contributed by atoms with Gasteiger partial charge in [-0.05, 0) is 48.1 Å². The summed E-state index contributed by atoms with van der Waals surface area (Å²) >= 11 is 0. The Hall–Kier alpha value is -1.35. The summed E-state index contributed by atoms with van der Waals surface area (Å²) < 4.78 is 0. The first kappa shape index (κ1) is 14.6. The summed E-state index contributed by atoms with van der Waals surface area (Å²) in [5.74, 6) is 0.391. The summed E-state index contributed by atoms with van der Waals surface area (Å²) in [6.45, 7) is 4.50. The molecule has 0 heterocycles. The summed E-state index contributed by atoms with van der Waals surface area (Å²) in [7, 11) is 1.56. The van der Waals surface area contributed by atoms with Crippen molar-refractivity contribution in [1.82, 2.24) is 0 Å². The Bertz CT molecular complexity index is 556. The van der Waals surface area contributed by atoms with Gasteiger partial charge in [-0.3, -0.25) is 0 Å². The summed E-state index contributed by atoms with van der Waals surface area (Å²) in [6, 6.07) is 8.79. The summed E-state index contributed by atoms with van der Waals surface area (Å²) in [5, 5.41) is 14.6. The molecule has 0 radical (unpaired) electrons. The lowest BCUT2D eigenvalue weighted by Gasteiger charge is -2.55. The molecule has 1 saturated carbocycles. The van der Waals surface area contributed by atoms with Gasteiger partial charge in [-0.1, -0.05) is 43.3 Å². The lowest BCUT2D eigenvalue weighted by molar-refractivity contribution is -0.0410. The van der Waals surface area contributed by atoms with Gasteiger partial charge >= 0.3 is 0 Å². The standard InChI is InChI=1S/C18H25NO2/c1-17-11-10-16(20)18(2,12-19-21-3)15(17)9-8-13-6-4-5-7-14(13)17/h4-7,12,15-16,20H,8-11H2,1-3H3/b19-12+/t15-,16+,17-,18+/m1/s1. The van der Waals surface area contributed by atoms with E-state index in [1.165, 1.54) is 11.1 Å². The topological polar surface area (TPSA) is 41.8 Å². The Morgan fingerprint density at radius 2 is 2.05 bits per heavy atom. The second kappa shape index (κ2) is 5.13. The molecule has 0 aromatic heterocycles. The van der Waals surface area contributed by atoms with Crippen LogP contribution in [0.1, 0.15) is 44.2 Å². The molecule has 1 N–H and O–H groups in total. The van der Waals surface area contributed by atoms with E-state index in [-0.39, 0.29) is 16.9 Å². The van der Waals surface area contributed by atoms with Crippen LogP contribution in [0.25, 0.3) is 0 Å². The molecule has 1 fully saturated rings. The van der Waals surface area contributed by atoms with Gasteiger partial charge in [-0.25, -0.2) is 0 Å². The third-order valence-electron chi connectivity index (χ3n) is 5.95. The maximum atomic E-state index is 10.6. The van der Waals surface area contributed by atoms with Crippen molar-refractivity contribution < 1.29 is 9.94 Å². The van der Waals surface area contributed by atoms with Crippen molar-refractivity contribution in [3.8, 4) is 0 Å². The fourth-order valence-corrected chi connectivity index (χ4v) is 4.73. The molecule has 3 nitrogen and oxygen atoms in total. The number of rotatable bonds is 2. The molecule has 3 rings (SSSR count). The average Bonchev–Trinajstić information content (AvgIpc) is 2.50. The number of aliphatic hydroxyl groups is 1. The number of aryl methyl sites for hydroxylation is 1. The molecule has 0 unspecified atom stereocenters. The zero-order valence-corrected chi connectivity index (χ0v) is 13.2. The van der Waals surface area contributed by atoms with Crippen LogP contribution >= 0.6 is 0 Å². The lowest BCUT2D eigenvalue weighted by Crippen LogP contribution is -2.56. The van der Waals surface area contributed by atoms with Crippen LogP contribution in [-0.4, -0.2) is 24.5 Å². The minimum absolute atomic E-state index is 0.114. The zero-order chi connectivity index (χ0) is 15.1. The number of aliphatic hydroxyl groups excluding tert-OH is 1. The van der Waals surface area contributed by atoms with Crippen LogP contribution in [0, 0.1) is 11.3 Å². The summed E-state index contributed by atoms with van der Waals surface area (Å²) in [4.78, 5) is 4.90. The minimum atomic E-state index is -0.347. The fourth-order valence-electron chi connectivity index (χ4n) is 4.73. The van der Waals surface area contributed by atoms with E-state index in [4.69, 9.17) is 4.84 Å². The highest BCUT2D eigenvalue weighted by atomic mass is 16.6. The largest absolute Gasteiger partial charge is 0.399 e. The summed E-state index contributed by atoms with van der Waals surface area (Å²) in [5.41, 5.74) is 2.72. The molecule has 0 amide bonds. The van der Waals surface area contributed by atoms with Crippen LogP contribution in [0.15, 0.2) is 29.4 Å². The Labute approximate surface area is 127 Å². The minimum Gasteiger partial charge on any atom is -0.399 e. The van der Waals surface area contributed by atoms with E-state index in [1.54, 1.807) is 7.11 Å². The molecule has 21 heavy (non-hydrogen) atoms. The molecular weight excluding hydrogens is 262 g/mol. The molecule has 0 saturated heterocycles. The van der Waals surface area contributed by atoms with Crippen LogP contribution < -0.4 is 0 Å². The Kier molecular flexibility index (Phi) is 3.56. The highest BCUT2D eigenvalue weighted by molar-refractivity contribution is 5.67. The predicted molar refractivity (Wildman–Crippen MR) is 84.5 cm³/mol. The number of benzene rings is 1. The third-order valence-corrected chi connectivity index (χ3v) is 5.95. The molecule has 4 atom stereocenters. The van der Waals surface area contributed by atoms with Gasteiger partial charge in [-0.15, -0.1) is 0 Å². The predicted octanol–water partition coefficient (Wildman–Crippen LogP) is 3.30. The van der Waals surface area contributed by atoms with Gasteiger partial charge in [0.05, 0.1) is 12.3 Å². The molecule has 2 aliphatic rings. The number of hydrogen-bond donors (Lipinski definition) is 1. The van der Waals surface area contributed by atoms with Crippen LogP contribution in [-0.2, 0) is 16.7 Å². The van der Waals surface area contributed by atoms with E-state index in [0.717, 1.165) is 25.7 Å². The monoisotopic (exact) mass is 287 g/mol. The molecule has 1 aromatic rings. The molecule has 114 valence electrons. The molecule has 0 spiro atoms. The first-order chi connectivity index (χ1) is 10.0.